The topological polar surface area (TPSA) is 97.1 Å². The minimum Gasteiger partial charge on any atom is -0.411 e. The van der Waals surface area contributed by atoms with E-state index in [4.69, 9.17) is 4.42 Å². The fourth-order valence-electron chi connectivity index (χ4n) is 4.08. The van der Waals surface area contributed by atoms with Crippen LogP contribution in [0.3, 0.4) is 0 Å². The Bertz CT molecular complexity index is 836. The van der Waals surface area contributed by atoms with Gasteiger partial charge in [0.2, 0.25) is 17.7 Å². The van der Waals surface area contributed by atoms with Crippen molar-refractivity contribution >= 4 is 29.3 Å². The van der Waals surface area contributed by atoms with Gasteiger partial charge in [-0.25, -0.2) is 0 Å². The van der Waals surface area contributed by atoms with E-state index in [0.717, 1.165) is 17.9 Å². The van der Waals surface area contributed by atoms with E-state index >= 15 is 0 Å². The molecule has 2 aliphatic rings. The lowest BCUT2D eigenvalue weighted by atomic mass is 9.95. The van der Waals surface area contributed by atoms with E-state index in [2.05, 4.69) is 20.8 Å². The monoisotopic (exact) mass is 386 g/mol. The number of aromatic nitrogens is 2. The molecule has 1 aromatic heterocycles. The Morgan fingerprint density at radius 2 is 2.00 bits per heavy atom. The number of carbonyl (C=O) groups excluding carboxylic acids is 2. The van der Waals surface area contributed by atoms with Gasteiger partial charge in [-0.1, -0.05) is 18.2 Å². The molecule has 3 atom stereocenters. The van der Waals surface area contributed by atoms with Gasteiger partial charge in [0.1, 0.15) is 0 Å². The van der Waals surface area contributed by atoms with Gasteiger partial charge in [-0.2, -0.15) is 0 Å². The quantitative estimate of drug-likeness (QED) is 0.741. The molecule has 8 heteroatoms. The van der Waals surface area contributed by atoms with Crippen LogP contribution < -0.4 is 10.6 Å². The zero-order valence-corrected chi connectivity index (χ0v) is 15.9. The van der Waals surface area contributed by atoms with Gasteiger partial charge in [0, 0.05) is 24.2 Å². The Morgan fingerprint density at radius 1 is 1.19 bits per heavy atom. The van der Waals surface area contributed by atoms with Gasteiger partial charge >= 0.3 is 0 Å². The molecular formula is C19H22N4O3S. The molecule has 27 heavy (non-hydrogen) atoms. The molecule has 0 aliphatic heterocycles. The Morgan fingerprint density at radius 3 is 2.67 bits per heavy atom. The second-order valence-corrected chi connectivity index (χ2v) is 8.20. The van der Waals surface area contributed by atoms with E-state index in [1.807, 2.05) is 0 Å². The summed E-state index contributed by atoms with van der Waals surface area (Å²) in [5, 5.41) is 14.3. The number of carbonyl (C=O) groups is 2. The lowest BCUT2D eigenvalue weighted by molar-refractivity contribution is -0.119. The molecule has 2 fully saturated rings. The maximum atomic E-state index is 12.2. The molecule has 2 amide bonds. The minimum absolute atomic E-state index is 0.0250. The highest BCUT2D eigenvalue weighted by atomic mass is 32.2. The van der Waals surface area contributed by atoms with Crippen LogP contribution in [0.25, 0.3) is 11.5 Å². The van der Waals surface area contributed by atoms with Crippen molar-refractivity contribution in [3.05, 3.63) is 24.3 Å². The first-order valence-corrected chi connectivity index (χ1v) is 10.2. The lowest BCUT2D eigenvalue weighted by Crippen LogP contribution is -2.39. The summed E-state index contributed by atoms with van der Waals surface area (Å²) in [4.78, 5) is 23.3. The summed E-state index contributed by atoms with van der Waals surface area (Å²) in [5.74, 6) is 2.04. The third-order valence-corrected chi connectivity index (χ3v) is 6.09. The highest BCUT2D eigenvalue weighted by molar-refractivity contribution is 7.99. The van der Waals surface area contributed by atoms with Crippen molar-refractivity contribution in [3.63, 3.8) is 0 Å². The van der Waals surface area contributed by atoms with Crippen LogP contribution in [-0.2, 0) is 9.59 Å². The van der Waals surface area contributed by atoms with Crippen molar-refractivity contribution in [1.29, 1.82) is 0 Å². The molecule has 2 bridgehead atoms. The number of fused-ring (bicyclic) bond motifs is 2. The number of benzene rings is 1. The highest BCUT2D eigenvalue weighted by Gasteiger charge is 2.40. The standard InChI is InChI=1S/C19H22N4O3S/c1-11(24)20-15-6-4-13(5-7-15)18-22-23-19(26-18)27-10-17(25)21-16-9-12-2-3-14(16)8-12/h4-7,12,14,16H,2-3,8-10H2,1H3,(H,20,24)(H,21,25)/t12-,14+,16+/m0/s1. The Kier molecular flexibility index (Phi) is 5.15. The predicted molar refractivity (Wildman–Crippen MR) is 102 cm³/mol. The molecular weight excluding hydrogens is 364 g/mol. The lowest BCUT2D eigenvalue weighted by Gasteiger charge is -2.22. The van der Waals surface area contributed by atoms with E-state index < -0.39 is 0 Å². The van der Waals surface area contributed by atoms with E-state index in [-0.39, 0.29) is 17.6 Å². The van der Waals surface area contributed by atoms with Gasteiger partial charge in [-0.3, -0.25) is 9.59 Å². The van der Waals surface area contributed by atoms with Crippen molar-refractivity contribution < 1.29 is 14.0 Å². The van der Waals surface area contributed by atoms with Crippen LogP contribution >= 0.6 is 11.8 Å². The maximum absolute atomic E-state index is 12.2. The summed E-state index contributed by atoms with van der Waals surface area (Å²) in [6.45, 7) is 1.46. The van der Waals surface area contributed by atoms with Gasteiger partial charge in [-0.15, -0.1) is 10.2 Å². The fraction of sp³-hybridized carbons (Fsp3) is 0.474. The van der Waals surface area contributed by atoms with Gasteiger partial charge in [-0.05, 0) is 55.4 Å². The number of nitrogens with zero attached hydrogens (tertiary/aromatic N) is 2. The maximum Gasteiger partial charge on any atom is 0.277 e. The molecule has 0 unspecified atom stereocenters. The number of rotatable bonds is 6. The number of amides is 2. The molecule has 2 aliphatic carbocycles. The molecule has 2 saturated carbocycles. The van der Waals surface area contributed by atoms with Crippen LogP contribution in [0.1, 0.15) is 32.6 Å². The molecule has 2 aromatic rings. The molecule has 2 N–H and O–H groups in total. The van der Waals surface area contributed by atoms with Crippen molar-refractivity contribution in [2.24, 2.45) is 11.8 Å². The van der Waals surface area contributed by atoms with Crippen LogP contribution in [-0.4, -0.2) is 33.8 Å². The first kappa shape index (κ1) is 18.0. The summed E-state index contributed by atoms with van der Waals surface area (Å²) in [6.07, 6.45) is 4.96. The van der Waals surface area contributed by atoms with Crippen LogP contribution in [0.5, 0.6) is 0 Å². The SMILES string of the molecule is CC(=O)Nc1ccc(-c2nnc(SCC(=O)N[C@@H]3C[C@H]4CC[C@@H]3C4)o2)cc1. The Balaban J connectivity index is 1.29. The van der Waals surface area contributed by atoms with Gasteiger partial charge in [0.15, 0.2) is 0 Å². The number of anilines is 1. The number of thioether (sulfide) groups is 1. The molecule has 142 valence electrons. The zero-order chi connectivity index (χ0) is 18.8. The molecule has 0 saturated heterocycles. The summed E-state index contributed by atoms with van der Waals surface area (Å²) < 4.78 is 5.63. The highest BCUT2D eigenvalue weighted by Crippen LogP contribution is 2.44. The van der Waals surface area contributed by atoms with E-state index in [9.17, 15) is 9.59 Å². The second kappa shape index (κ2) is 7.72. The van der Waals surface area contributed by atoms with E-state index in [1.54, 1.807) is 24.3 Å². The first-order valence-electron chi connectivity index (χ1n) is 9.20. The third kappa shape index (κ3) is 4.32. The molecule has 4 rings (SSSR count). The first-order chi connectivity index (χ1) is 13.1. The largest absolute Gasteiger partial charge is 0.411 e. The van der Waals surface area contributed by atoms with Gasteiger partial charge in [0.05, 0.1) is 5.75 Å². The average molecular weight is 386 g/mol. The van der Waals surface area contributed by atoms with Crippen molar-refractivity contribution in [2.75, 3.05) is 11.1 Å². The van der Waals surface area contributed by atoms with Crippen LogP contribution in [0.15, 0.2) is 33.9 Å². The van der Waals surface area contributed by atoms with E-state index in [0.29, 0.717) is 28.8 Å². The summed E-state index contributed by atoms with van der Waals surface area (Å²) in [7, 11) is 0. The molecule has 0 radical (unpaired) electrons. The van der Waals surface area contributed by atoms with Crippen LogP contribution in [0.2, 0.25) is 0 Å². The summed E-state index contributed by atoms with van der Waals surface area (Å²) in [6, 6.07) is 7.49. The zero-order valence-electron chi connectivity index (χ0n) is 15.1. The van der Waals surface area contributed by atoms with Crippen LogP contribution in [0.4, 0.5) is 5.69 Å². The smallest absolute Gasteiger partial charge is 0.277 e. The Labute approximate surface area is 161 Å². The normalized spacial score (nSPS) is 23.4. The van der Waals surface area contributed by atoms with Crippen LogP contribution in [0, 0.1) is 11.8 Å². The molecule has 1 aromatic carbocycles. The molecule has 1 heterocycles. The van der Waals surface area contributed by atoms with Crippen molar-refractivity contribution in [2.45, 2.75) is 43.9 Å². The number of hydrogen-bond acceptors (Lipinski definition) is 6. The molecule has 0 spiro atoms. The van der Waals surface area contributed by atoms with E-state index in [1.165, 1.54) is 37.9 Å². The van der Waals surface area contributed by atoms with Crippen molar-refractivity contribution in [1.82, 2.24) is 15.5 Å². The predicted octanol–water partition coefficient (Wildman–Crippen LogP) is 3.09. The average Bonchev–Trinajstić information content (AvgIpc) is 3.37. The second-order valence-electron chi connectivity index (χ2n) is 7.27. The van der Waals surface area contributed by atoms with Gasteiger partial charge in [0.25, 0.3) is 5.22 Å². The number of hydrogen-bond donors (Lipinski definition) is 2. The summed E-state index contributed by atoms with van der Waals surface area (Å²) in [5.41, 5.74) is 1.47. The van der Waals surface area contributed by atoms with Gasteiger partial charge < -0.3 is 15.1 Å². The molecule has 7 nitrogen and oxygen atoms in total. The fourth-order valence-corrected chi connectivity index (χ4v) is 4.66. The number of nitrogens with one attached hydrogen (secondary N) is 2. The third-order valence-electron chi connectivity index (χ3n) is 5.27. The minimum atomic E-state index is -0.122. The van der Waals surface area contributed by atoms with Crippen molar-refractivity contribution in [3.8, 4) is 11.5 Å². The summed E-state index contributed by atoms with van der Waals surface area (Å²) >= 11 is 1.25. The Hall–Kier alpha value is -2.35.